The minimum atomic E-state index is -0.281. The Hall–Kier alpha value is -3.92. The summed E-state index contributed by atoms with van der Waals surface area (Å²) >= 11 is 0. The molecular formula is C24H22N4O3. The van der Waals surface area contributed by atoms with Crippen molar-refractivity contribution >= 4 is 23.4 Å². The van der Waals surface area contributed by atoms with Gasteiger partial charge in [-0.1, -0.05) is 18.2 Å². The van der Waals surface area contributed by atoms with Crippen molar-refractivity contribution in [1.29, 1.82) is 5.26 Å². The summed E-state index contributed by atoms with van der Waals surface area (Å²) in [4.78, 5) is 40.8. The number of ketones is 1. The molecule has 2 aliphatic heterocycles. The van der Waals surface area contributed by atoms with Crippen LogP contribution in [0.15, 0.2) is 60.7 Å². The second-order valence-corrected chi connectivity index (χ2v) is 7.66. The van der Waals surface area contributed by atoms with Gasteiger partial charge in [0.1, 0.15) is 0 Å². The molecular weight excluding hydrogens is 392 g/mol. The Labute approximate surface area is 180 Å². The van der Waals surface area contributed by atoms with Crippen molar-refractivity contribution in [3.05, 3.63) is 77.4 Å². The number of nitrogens with zero attached hydrogens (tertiary/aromatic N) is 3. The zero-order chi connectivity index (χ0) is 21.8. The summed E-state index contributed by atoms with van der Waals surface area (Å²) in [6, 6.07) is 16.0. The number of allylic oxidation sites excluding steroid dienone is 1. The van der Waals surface area contributed by atoms with Crippen molar-refractivity contribution in [2.75, 3.05) is 18.4 Å². The molecule has 7 heteroatoms. The lowest BCUT2D eigenvalue weighted by atomic mass is 10.0. The number of likely N-dealkylation sites (tertiary alicyclic amines) is 1. The summed E-state index contributed by atoms with van der Waals surface area (Å²) in [7, 11) is 0. The van der Waals surface area contributed by atoms with E-state index < -0.39 is 0 Å². The number of carbonyl (C=O) groups is 3. The van der Waals surface area contributed by atoms with Gasteiger partial charge in [0.25, 0.3) is 0 Å². The van der Waals surface area contributed by atoms with Crippen molar-refractivity contribution in [3.63, 3.8) is 0 Å². The minimum Gasteiger partial charge on any atom is -0.339 e. The fourth-order valence-electron chi connectivity index (χ4n) is 3.97. The van der Waals surface area contributed by atoms with Crippen LogP contribution in [0.3, 0.4) is 0 Å². The molecule has 7 nitrogen and oxygen atoms in total. The summed E-state index contributed by atoms with van der Waals surface area (Å²) < 4.78 is 0. The highest BCUT2D eigenvalue weighted by Gasteiger charge is 2.32. The molecule has 0 unspecified atom stereocenters. The normalized spacial score (nSPS) is 16.5. The molecule has 3 amide bonds. The molecule has 1 fully saturated rings. The van der Waals surface area contributed by atoms with Gasteiger partial charge in [0.15, 0.2) is 5.78 Å². The van der Waals surface area contributed by atoms with Crippen LogP contribution in [-0.4, -0.2) is 46.7 Å². The Bertz CT molecular complexity index is 1080. The smallest absolute Gasteiger partial charge is 0.322 e. The predicted molar refractivity (Wildman–Crippen MR) is 115 cm³/mol. The largest absolute Gasteiger partial charge is 0.339 e. The standard InChI is InChI=1S/C24H22N4O3/c25-15-17-5-7-18(8-6-17)22(29)9-10-23(30)27-13-11-20(12-14-27)28-16-19-3-1-2-4-21(19)26-24(28)31/h1-10,20H,11-14,16H2,(H,26,31)/b10-9+. The van der Waals surface area contributed by atoms with Gasteiger partial charge >= 0.3 is 6.03 Å². The molecule has 1 saturated heterocycles. The lowest BCUT2D eigenvalue weighted by Crippen LogP contribution is -2.50. The van der Waals surface area contributed by atoms with Crippen LogP contribution in [0.5, 0.6) is 0 Å². The number of anilines is 1. The minimum absolute atomic E-state index is 0.0710. The number of hydrogen-bond donors (Lipinski definition) is 1. The number of urea groups is 1. The molecule has 0 radical (unpaired) electrons. The van der Waals surface area contributed by atoms with Crippen LogP contribution in [0.2, 0.25) is 0 Å². The number of carbonyl (C=O) groups excluding carboxylic acids is 3. The lowest BCUT2D eigenvalue weighted by Gasteiger charge is -2.40. The van der Waals surface area contributed by atoms with Crippen LogP contribution in [0.25, 0.3) is 0 Å². The first-order valence-electron chi connectivity index (χ1n) is 10.2. The average molecular weight is 414 g/mol. The van der Waals surface area contributed by atoms with E-state index in [1.807, 2.05) is 35.2 Å². The third-order valence-corrected chi connectivity index (χ3v) is 5.75. The number of para-hydroxylation sites is 1. The molecule has 4 rings (SSSR count). The van der Waals surface area contributed by atoms with E-state index >= 15 is 0 Å². The van der Waals surface area contributed by atoms with Crippen molar-refractivity contribution in [3.8, 4) is 6.07 Å². The van der Waals surface area contributed by atoms with Gasteiger partial charge in [-0.15, -0.1) is 0 Å². The lowest BCUT2D eigenvalue weighted by molar-refractivity contribution is -0.127. The maximum Gasteiger partial charge on any atom is 0.322 e. The van der Waals surface area contributed by atoms with Crippen LogP contribution in [0.1, 0.15) is 34.3 Å². The zero-order valence-electron chi connectivity index (χ0n) is 17.0. The van der Waals surface area contributed by atoms with E-state index in [0.29, 0.717) is 43.6 Å². The molecule has 2 aromatic rings. The third kappa shape index (κ3) is 4.48. The van der Waals surface area contributed by atoms with Gasteiger partial charge in [-0.3, -0.25) is 9.59 Å². The third-order valence-electron chi connectivity index (χ3n) is 5.75. The van der Waals surface area contributed by atoms with Gasteiger partial charge in [0.2, 0.25) is 5.91 Å². The van der Waals surface area contributed by atoms with Crippen LogP contribution < -0.4 is 5.32 Å². The quantitative estimate of drug-likeness (QED) is 0.613. The van der Waals surface area contributed by atoms with Gasteiger partial charge in [-0.25, -0.2) is 4.79 Å². The number of nitrogens with one attached hydrogen (secondary N) is 1. The van der Waals surface area contributed by atoms with Gasteiger partial charge < -0.3 is 15.1 Å². The molecule has 0 saturated carbocycles. The fraction of sp³-hybridized carbons (Fsp3) is 0.250. The van der Waals surface area contributed by atoms with Crippen LogP contribution in [0, 0.1) is 11.3 Å². The fourth-order valence-corrected chi connectivity index (χ4v) is 3.97. The first-order chi connectivity index (χ1) is 15.0. The first kappa shape index (κ1) is 20.4. The van der Waals surface area contributed by atoms with Gasteiger partial charge in [-0.05, 0) is 54.8 Å². The number of piperidine rings is 1. The molecule has 2 aliphatic rings. The summed E-state index contributed by atoms with van der Waals surface area (Å²) in [5.74, 6) is -0.495. The highest BCUT2D eigenvalue weighted by atomic mass is 16.2. The maximum absolute atomic E-state index is 12.5. The van der Waals surface area contributed by atoms with Gasteiger partial charge in [0.05, 0.1) is 11.6 Å². The molecule has 0 bridgehead atoms. The van der Waals surface area contributed by atoms with Crippen molar-refractivity contribution in [2.45, 2.75) is 25.4 Å². The van der Waals surface area contributed by atoms with E-state index in [4.69, 9.17) is 5.26 Å². The highest BCUT2D eigenvalue weighted by Crippen LogP contribution is 2.27. The molecule has 2 heterocycles. The number of amides is 3. The van der Waals surface area contributed by atoms with Crippen LogP contribution in [-0.2, 0) is 11.3 Å². The van der Waals surface area contributed by atoms with E-state index in [9.17, 15) is 14.4 Å². The van der Waals surface area contributed by atoms with Crippen molar-refractivity contribution < 1.29 is 14.4 Å². The van der Waals surface area contributed by atoms with E-state index in [1.54, 1.807) is 29.2 Å². The summed E-state index contributed by atoms with van der Waals surface area (Å²) in [6.07, 6.45) is 3.95. The molecule has 0 aromatic heterocycles. The maximum atomic E-state index is 12.5. The van der Waals surface area contributed by atoms with Crippen molar-refractivity contribution in [2.24, 2.45) is 0 Å². The Morgan fingerprint density at radius 2 is 1.74 bits per heavy atom. The Morgan fingerprint density at radius 1 is 1.03 bits per heavy atom. The zero-order valence-corrected chi connectivity index (χ0v) is 17.0. The van der Waals surface area contributed by atoms with Crippen molar-refractivity contribution in [1.82, 2.24) is 9.80 Å². The number of nitriles is 1. The molecule has 156 valence electrons. The highest BCUT2D eigenvalue weighted by molar-refractivity contribution is 6.07. The number of rotatable bonds is 4. The molecule has 0 atom stereocenters. The Kier molecular flexibility index (Phi) is 5.80. The van der Waals surface area contributed by atoms with E-state index in [0.717, 1.165) is 11.3 Å². The second kappa shape index (κ2) is 8.84. The first-order valence-corrected chi connectivity index (χ1v) is 10.2. The number of benzene rings is 2. The SMILES string of the molecule is N#Cc1ccc(C(=O)/C=C/C(=O)N2CCC(N3Cc4ccccc4NC3=O)CC2)cc1. The monoisotopic (exact) mass is 414 g/mol. The van der Waals surface area contributed by atoms with E-state index in [1.165, 1.54) is 12.2 Å². The molecule has 31 heavy (non-hydrogen) atoms. The average Bonchev–Trinajstić information content (AvgIpc) is 2.82. The molecule has 0 aliphatic carbocycles. The van der Waals surface area contributed by atoms with Crippen LogP contribution >= 0.6 is 0 Å². The Balaban J connectivity index is 1.31. The molecule has 0 spiro atoms. The Morgan fingerprint density at radius 3 is 2.45 bits per heavy atom. The van der Waals surface area contributed by atoms with Crippen LogP contribution in [0.4, 0.5) is 10.5 Å². The second-order valence-electron chi connectivity index (χ2n) is 7.66. The topological polar surface area (TPSA) is 93.5 Å². The van der Waals surface area contributed by atoms with Gasteiger partial charge in [0, 0.05) is 43.0 Å². The molecule has 1 N–H and O–H groups in total. The van der Waals surface area contributed by atoms with E-state index in [2.05, 4.69) is 5.32 Å². The predicted octanol–water partition coefficient (Wildman–Crippen LogP) is 3.34. The summed E-state index contributed by atoms with van der Waals surface area (Å²) in [5.41, 5.74) is 2.85. The summed E-state index contributed by atoms with van der Waals surface area (Å²) in [6.45, 7) is 1.63. The number of hydrogen-bond acceptors (Lipinski definition) is 4. The number of fused-ring (bicyclic) bond motifs is 1. The summed E-state index contributed by atoms with van der Waals surface area (Å²) in [5, 5.41) is 11.8. The van der Waals surface area contributed by atoms with E-state index in [-0.39, 0.29) is 23.8 Å². The molecule has 2 aromatic carbocycles. The van der Waals surface area contributed by atoms with Gasteiger partial charge in [-0.2, -0.15) is 5.26 Å².